The lowest BCUT2D eigenvalue weighted by molar-refractivity contribution is -0.144. The second-order valence-corrected chi connectivity index (χ2v) is 4.13. The highest BCUT2D eigenvalue weighted by Gasteiger charge is 2.30. The van der Waals surface area contributed by atoms with Gasteiger partial charge in [-0.2, -0.15) is 0 Å². The fraction of sp³-hybridized carbons (Fsp3) is 0.636. The lowest BCUT2D eigenvalue weighted by Crippen LogP contribution is -2.47. The number of hydrogen-bond acceptors (Lipinski definition) is 4. The molecule has 2 heterocycles. The van der Waals surface area contributed by atoms with Gasteiger partial charge in [0.05, 0.1) is 18.2 Å². The second-order valence-electron chi connectivity index (χ2n) is 4.13. The van der Waals surface area contributed by atoms with E-state index >= 15 is 0 Å². The lowest BCUT2D eigenvalue weighted by Gasteiger charge is -2.32. The summed E-state index contributed by atoms with van der Waals surface area (Å²) < 4.78 is 1.89. The molecular formula is C11H18N4O2. The minimum absolute atomic E-state index is 0.584. The molecule has 0 bridgehead atoms. The van der Waals surface area contributed by atoms with Crippen molar-refractivity contribution in [3.8, 4) is 0 Å². The molecule has 94 valence electrons. The van der Waals surface area contributed by atoms with E-state index in [1.165, 1.54) is 0 Å². The number of carbonyl (C=O) groups is 1. The van der Waals surface area contributed by atoms with E-state index in [4.69, 9.17) is 0 Å². The van der Waals surface area contributed by atoms with Crippen molar-refractivity contribution >= 4 is 5.97 Å². The summed E-state index contributed by atoms with van der Waals surface area (Å²) >= 11 is 0. The van der Waals surface area contributed by atoms with Crippen molar-refractivity contribution < 1.29 is 9.90 Å². The number of carboxylic acid groups (broad SMARTS) is 1. The minimum Gasteiger partial charge on any atom is -0.480 e. The van der Waals surface area contributed by atoms with Crippen molar-refractivity contribution in [2.75, 3.05) is 26.2 Å². The Morgan fingerprint density at radius 3 is 2.88 bits per heavy atom. The van der Waals surface area contributed by atoms with Gasteiger partial charge in [0, 0.05) is 32.7 Å². The van der Waals surface area contributed by atoms with Gasteiger partial charge in [0.15, 0.2) is 6.04 Å². The molecule has 1 unspecified atom stereocenters. The first-order valence-electron chi connectivity index (χ1n) is 5.91. The molecule has 0 spiro atoms. The van der Waals surface area contributed by atoms with Gasteiger partial charge < -0.3 is 15.0 Å². The zero-order chi connectivity index (χ0) is 12.3. The summed E-state index contributed by atoms with van der Waals surface area (Å²) in [6, 6.07) is -0.584. The van der Waals surface area contributed by atoms with Crippen molar-refractivity contribution in [2.24, 2.45) is 0 Å². The van der Waals surface area contributed by atoms with E-state index in [2.05, 4.69) is 10.3 Å². The molecule has 2 N–H and O–H groups in total. The van der Waals surface area contributed by atoms with Crippen LogP contribution < -0.4 is 5.32 Å². The molecule has 0 aromatic carbocycles. The molecule has 1 aromatic heterocycles. The monoisotopic (exact) mass is 238 g/mol. The van der Waals surface area contributed by atoms with E-state index in [1.807, 2.05) is 16.4 Å². The Morgan fingerprint density at radius 1 is 1.59 bits per heavy atom. The summed E-state index contributed by atoms with van der Waals surface area (Å²) in [6.45, 7) is 5.92. The molecule has 1 saturated heterocycles. The first kappa shape index (κ1) is 12.1. The molecule has 0 radical (unpaired) electrons. The summed E-state index contributed by atoms with van der Waals surface area (Å²) in [7, 11) is 0. The third-order valence-electron chi connectivity index (χ3n) is 3.12. The molecule has 1 fully saturated rings. The molecule has 6 nitrogen and oxygen atoms in total. The van der Waals surface area contributed by atoms with Crippen molar-refractivity contribution in [1.82, 2.24) is 19.8 Å². The molecule has 2 rings (SSSR count). The Bertz CT molecular complexity index is 385. The molecule has 0 amide bonds. The quantitative estimate of drug-likeness (QED) is 0.768. The summed E-state index contributed by atoms with van der Waals surface area (Å²) in [6.07, 6.45) is 3.35. The molecule has 1 aliphatic rings. The summed E-state index contributed by atoms with van der Waals surface area (Å²) in [5, 5.41) is 12.6. The fourth-order valence-corrected chi connectivity index (χ4v) is 2.23. The summed E-state index contributed by atoms with van der Waals surface area (Å²) in [5.41, 5.74) is 0.766. The van der Waals surface area contributed by atoms with Crippen molar-refractivity contribution in [3.63, 3.8) is 0 Å². The van der Waals surface area contributed by atoms with Crippen molar-refractivity contribution in [1.29, 1.82) is 0 Å². The molecule has 0 saturated carbocycles. The van der Waals surface area contributed by atoms with Gasteiger partial charge in [-0.05, 0) is 6.92 Å². The topological polar surface area (TPSA) is 70.4 Å². The number of nitrogens with zero attached hydrogens (tertiary/aromatic N) is 3. The Balaban J connectivity index is 2.25. The smallest absolute Gasteiger partial charge is 0.327 e. The Kier molecular flexibility index (Phi) is 3.75. The van der Waals surface area contributed by atoms with Crippen LogP contribution in [-0.2, 0) is 11.3 Å². The highest BCUT2D eigenvalue weighted by atomic mass is 16.4. The van der Waals surface area contributed by atoms with Gasteiger partial charge >= 0.3 is 5.97 Å². The number of imidazole rings is 1. The highest BCUT2D eigenvalue weighted by molar-refractivity contribution is 5.75. The number of carboxylic acids is 1. The number of aromatic nitrogens is 2. The van der Waals surface area contributed by atoms with E-state index in [9.17, 15) is 9.90 Å². The van der Waals surface area contributed by atoms with E-state index in [0.29, 0.717) is 0 Å². The SMILES string of the molecule is CCn1cncc1C(C(=O)O)N1CCNCC1. The van der Waals surface area contributed by atoms with Crippen LogP contribution in [0.3, 0.4) is 0 Å². The predicted molar refractivity (Wildman–Crippen MR) is 62.7 cm³/mol. The van der Waals surface area contributed by atoms with Crippen LogP contribution in [-0.4, -0.2) is 51.7 Å². The standard InChI is InChI=1S/C11H18N4O2/c1-2-14-8-13-7-9(14)10(11(16)17)15-5-3-12-4-6-15/h7-8,10,12H,2-6H2,1H3,(H,16,17). The van der Waals surface area contributed by atoms with Gasteiger partial charge in [0.2, 0.25) is 0 Å². The number of aliphatic carboxylic acids is 1. The van der Waals surface area contributed by atoms with Gasteiger partial charge in [-0.25, -0.2) is 4.98 Å². The van der Waals surface area contributed by atoms with Crippen LogP contribution in [0.5, 0.6) is 0 Å². The molecule has 6 heteroatoms. The van der Waals surface area contributed by atoms with Gasteiger partial charge in [-0.3, -0.25) is 9.69 Å². The zero-order valence-electron chi connectivity index (χ0n) is 9.96. The first-order valence-corrected chi connectivity index (χ1v) is 5.91. The van der Waals surface area contributed by atoms with Crippen LogP contribution in [0.15, 0.2) is 12.5 Å². The largest absolute Gasteiger partial charge is 0.480 e. The van der Waals surface area contributed by atoms with Gasteiger partial charge in [0.25, 0.3) is 0 Å². The number of hydrogen-bond donors (Lipinski definition) is 2. The van der Waals surface area contributed by atoms with E-state index in [1.54, 1.807) is 12.5 Å². The third kappa shape index (κ3) is 2.48. The average molecular weight is 238 g/mol. The molecule has 17 heavy (non-hydrogen) atoms. The van der Waals surface area contributed by atoms with Crippen LogP contribution in [0.25, 0.3) is 0 Å². The minimum atomic E-state index is -0.804. The van der Waals surface area contributed by atoms with Crippen LogP contribution >= 0.6 is 0 Å². The summed E-state index contributed by atoms with van der Waals surface area (Å²) in [5.74, 6) is -0.804. The van der Waals surface area contributed by atoms with E-state index in [0.717, 1.165) is 38.4 Å². The maximum absolute atomic E-state index is 11.5. The highest BCUT2D eigenvalue weighted by Crippen LogP contribution is 2.21. The van der Waals surface area contributed by atoms with Crippen molar-refractivity contribution in [3.05, 3.63) is 18.2 Å². The van der Waals surface area contributed by atoms with E-state index < -0.39 is 12.0 Å². The van der Waals surface area contributed by atoms with Crippen molar-refractivity contribution in [2.45, 2.75) is 19.5 Å². The maximum atomic E-state index is 11.5. The molecule has 1 aromatic rings. The van der Waals surface area contributed by atoms with Gasteiger partial charge in [0.1, 0.15) is 0 Å². The van der Waals surface area contributed by atoms with E-state index in [-0.39, 0.29) is 0 Å². The Labute approximate surface area is 100 Å². The zero-order valence-corrected chi connectivity index (χ0v) is 9.96. The predicted octanol–water partition coefficient (Wildman–Crippen LogP) is -0.0661. The average Bonchev–Trinajstić information content (AvgIpc) is 2.78. The van der Waals surface area contributed by atoms with Gasteiger partial charge in [-0.1, -0.05) is 0 Å². The number of nitrogens with one attached hydrogen (secondary N) is 1. The van der Waals surface area contributed by atoms with Crippen LogP contribution in [0.1, 0.15) is 18.7 Å². The first-order chi connectivity index (χ1) is 8.24. The molecular weight excluding hydrogens is 220 g/mol. The van der Waals surface area contributed by atoms with Crippen LogP contribution in [0.4, 0.5) is 0 Å². The number of aryl methyl sites for hydroxylation is 1. The normalized spacial score (nSPS) is 19.1. The number of piperazine rings is 1. The molecule has 0 aliphatic carbocycles. The summed E-state index contributed by atoms with van der Waals surface area (Å²) in [4.78, 5) is 17.5. The fourth-order valence-electron chi connectivity index (χ4n) is 2.23. The maximum Gasteiger partial charge on any atom is 0.327 e. The third-order valence-corrected chi connectivity index (χ3v) is 3.12. The second kappa shape index (κ2) is 5.29. The molecule has 1 atom stereocenters. The Hall–Kier alpha value is -1.40. The molecule has 1 aliphatic heterocycles. The van der Waals surface area contributed by atoms with Crippen LogP contribution in [0, 0.1) is 0 Å². The number of rotatable bonds is 4. The Morgan fingerprint density at radius 2 is 2.29 bits per heavy atom. The van der Waals surface area contributed by atoms with Gasteiger partial charge in [-0.15, -0.1) is 0 Å². The van der Waals surface area contributed by atoms with Crippen LogP contribution in [0.2, 0.25) is 0 Å². The lowest BCUT2D eigenvalue weighted by atomic mass is 10.1.